The van der Waals surface area contributed by atoms with E-state index >= 15 is 0 Å². The number of nitrogens with two attached hydrogens (primary N) is 1. The number of nitrogens with one attached hydrogen (secondary N) is 1. The van der Waals surface area contributed by atoms with E-state index in [2.05, 4.69) is 17.3 Å². The van der Waals surface area contributed by atoms with E-state index in [1.807, 2.05) is 0 Å². The van der Waals surface area contributed by atoms with Gasteiger partial charge in [-0.1, -0.05) is 0 Å². The number of likely N-dealkylation sites (N-methyl/N-ethyl adjacent to an activating group) is 1. The highest BCUT2D eigenvalue weighted by Gasteiger charge is 2.20. The summed E-state index contributed by atoms with van der Waals surface area (Å²) in [6.07, 6.45) is 1.08. The number of hydrogen-bond acceptors (Lipinski definition) is 4. The zero-order chi connectivity index (χ0) is 13.1. The normalized spacial score (nSPS) is 19.8. The average molecular weight is 249 g/mol. The number of carbonyl (C=O) groups excluding carboxylic acids is 1. The molecule has 1 aliphatic heterocycles. The van der Waals surface area contributed by atoms with Crippen LogP contribution in [0.4, 0.5) is 5.69 Å². The predicted octanol–water partition coefficient (Wildman–Crippen LogP) is 0.910. The summed E-state index contributed by atoms with van der Waals surface area (Å²) in [4.78, 5) is 13.5. The lowest BCUT2D eigenvalue weighted by Gasteiger charge is -2.17. The lowest BCUT2D eigenvalue weighted by molar-refractivity contribution is 0.100. The molecule has 0 saturated carbocycles. The number of hydrogen-bond donors (Lipinski definition) is 2. The highest BCUT2D eigenvalue weighted by atomic mass is 16.5. The van der Waals surface area contributed by atoms with E-state index in [1.54, 1.807) is 25.3 Å². The lowest BCUT2D eigenvalue weighted by Crippen LogP contribution is -2.24. The fourth-order valence-electron chi connectivity index (χ4n) is 2.25. The van der Waals surface area contributed by atoms with Crippen LogP contribution in [0.2, 0.25) is 0 Å². The van der Waals surface area contributed by atoms with Crippen molar-refractivity contribution in [3.8, 4) is 5.75 Å². The smallest absolute Gasteiger partial charge is 0.248 e. The summed E-state index contributed by atoms with van der Waals surface area (Å²) >= 11 is 0. The minimum atomic E-state index is -0.427. The molecule has 0 radical (unpaired) electrons. The number of amides is 1. The van der Waals surface area contributed by atoms with Crippen molar-refractivity contribution in [2.24, 2.45) is 5.73 Å². The van der Waals surface area contributed by atoms with Crippen LogP contribution < -0.4 is 15.8 Å². The molecule has 5 nitrogen and oxygen atoms in total. The summed E-state index contributed by atoms with van der Waals surface area (Å²) in [5.41, 5.74) is 6.61. The third kappa shape index (κ3) is 2.73. The van der Waals surface area contributed by atoms with E-state index in [0.717, 1.165) is 30.9 Å². The quantitative estimate of drug-likeness (QED) is 0.832. The largest absolute Gasteiger partial charge is 0.495 e. The lowest BCUT2D eigenvalue weighted by atomic mass is 10.1. The standard InChI is InChI=1S/C13H19N3O2/c1-16-6-5-10(8-16)15-11-7-9(13(14)17)3-4-12(11)18-2/h3-4,7,10,15H,5-6,8H2,1-2H3,(H2,14,17). The Hall–Kier alpha value is -1.75. The van der Waals surface area contributed by atoms with Gasteiger partial charge in [-0.3, -0.25) is 4.79 Å². The zero-order valence-corrected chi connectivity index (χ0v) is 10.8. The second-order valence-corrected chi connectivity index (χ2v) is 4.67. The van der Waals surface area contributed by atoms with Crippen LogP contribution in [0.15, 0.2) is 18.2 Å². The molecule has 0 aliphatic carbocycles. The van der Waals surface area contributed by atoms with Crippen molar-refractivity contribution in [2.75, 3.05) is 32.6 Å². The molecular weight excluding hydrogens is 230 g/mol. The molecule has 5 heteroatoms. The van der Waals surface area contributed by atoms with Crippen LogP contribution in [0.3, 0.4) is 0 Å². The Kier molecular flexibility index (Phi) is 3.72. The number of methoxy groups -OCH3 is 1. The third-order valence-corrected chi connectivity index (χ3v) is 3.23. The van der Waals surface area contributed by atoms with E-state index in [9.17, 15) is 4.79 Å². The van der Waals surface area contributed by atoms with Crippen LogP contribution in [0.25, 0.3) is 0 Å². The molecule has 0 spiro atoms. The molecular formula is C13H19N3O2. The van der Waals surface area contributed by atoms with Gasteiger partial charge in [-0.15, -0.1) is 0 Å². The molecule has 1 aromatic rings. The van der Waals surface area contributed by atoms with Crippen LogP contribution >= 0.6 is 0 Å². The SMILES string of the molecule is COc1ccc(C(N)=O)cc1NC1CCN(C)C1. The van der Waals surface area contributed by atoms with Gasteiger partial charge in [-0.05, 0) is 38.2 Å². The van der Waals surface area contributed by atoms with Gasteiger partial charge in [-0.2, -0.15) is 0 Å². The first-order chi connectivity index (χ1) is 8.60. The Labute approximate surface area is 107 Å². The molecule has 2 rings (SSSR count). The maximum Gasteiger partial charge on any atom is 0.248 e. The number of rotatable bonds is 4. The van der Waals surface area contributed by atoms with Crippen LogP contribution in [0, 0.1) is 0 Å². The zero-order valence-electron chi connectivity index (χ0n) is 10.8. The van der Waals surface area contributed by atoms with E-state index in [1.165, 1.54) is 0 Å². The molecule has 1 aliphatic rings. The van der Waals surface area contributed by atoms with Gasteiger partial charge >= 0.3 is 0 Å². The van der Waals surface area contributed by atoms with Crippen molar-refractivity contribution in [3.05, 3.63) is 23.8 Å². The third-order valence-electron chi connectivity index (χ3n) is 3.23. The van der Waals surface area contributed by atoms with Crippen molar-refractivity contribution >= 4 is 11.6 Å². The molecule has 0 aromatic heterocycles. The molecule has 1 amide bonds. The summed E-state index contributed by atoms with van der Waals surface area (Å²) in [6, 6.07) is 5.57. The van der Waals surface area contributed by atoms with E-state index < -0.39 is 5.91 Å². The average Bonchev–Trinajstić information content (AvgIpc) is 2.74. The van der Waals surface area contributed by atoms with Crippen LogP contribution in [0.1, 0.15) is 16.8 Å². The molecule has 1 atom stereocenters. The summed E-state index contributed by atoms with van der Waals surface area (Å²) in [7, 11) is 3.71. The topological polar surface area (TPSA) is 67.6 Å². The fraction of sp³-hybridized carbons (Fsp3) is 0.462. The van der Waals surface area contributed by atoms with Gasteiger partial charge in [0.05, 0.1) is 12.8 Å². The Morgan fingerprint density at radius 1 is 1.56 bits per heavy atom. The van der Waals surface area contributed by atoms with Crippen molar-refractivity contribution in [3.63, 3.8) is 0 Å². The van der Waals surface area contributed by atoms with Crippen molar-refractivity contribution in [1.29, 1.82) is 0 Å². The molecule has 0 bridgehead atoms. The number of ether oxygens (including phenoxy) is 1. The molecule has 1 unspecified atom stereocenters. The highest BCUT2D eigenvalue weighted by Crippen LogP contribution is 2.27. The number of primary amides is 1. The van der Waals surface area contributed by atoms with Gasteiger partial charge in [0, 0.05) is 18.2 Å². The molecule has 18 heavy (non-hydrogen) atoms. The van der Waals surface area contributed by atoms with Gasteiger partial charge in [-0.25, -0.2) is 0 Å². The van der Waals surface area contributed by atoms with Crippen molar-refractivity contribution in [1.82, 2.24) is 4.90 Å². The number of anilines is 1. The monoisotopic (exact) mass is 249 g/mol. The molecule has 1 saturated heterocycles. The Bertz CT molecular complexity index is 448. The molecule has 98 valence electrons. The fourth-order valence-corrected chi connectivity index (χ4v) is 2.25. The van der Waals surface area contributed by atoms with Crippen LogP contribution in [-0.4, -0.2) is 44.1 Å². The van der Waals surface area contributed by atoms with Crippen molar-refractivity contribution in [2.45, 2.75) is 12.5 Å². The molecule has 1 aromatic carbocycles. The van der Waals surface area contributed by atoms with Crippen molar-refractivity contribution < 1.29 is 9.53 Å². The second kappa shape index (κ2) is 5.27. The number of carbonyl (C=O) groups is 1. The number of benzene rings is 1. The Morgan fingerprint density at radius 3 is 2.89 bits per heavy atom. The summed E-state index contributed by atoms with van der Waals surface area (Å²) in [5.74, 6) is 0.304. The first kappa shape index (κ1) is 12.7. The molecule has 3 N–H and O–H groups in total. The number of likely N-dealkylation sites (tertiary alicyclic amines) is 1. The van der Waals surface area contributed by atoms with E-state index in [-0.39, 0.29) is 0 Å². The van der Waals surface area contributed by atoms with Gasteiger partial charge in [0.15, 0.2) is 0 Å². The molecule has 1 fully saturated rings. The predicted molar refractivity (Wildman–Crippen MR) is 71.0 cm³/mol. The summed E-state index contributed by atoms with van der Waals surface area (Å²) in [6.45, 7) is 2.07. The Morgan fingerprint density at radius 2 is 2.33 bits per heavy atom. The first-order valence-corrected chi connectivity index (χ1v) is 6.03. The van der Waals surface area contributed by atoms with Crippen LogP contribution in [0.5, 0.6) is 5.75 Å². The Balaban J connectivity index is 2.18. The highest BCUT2D eigenvalue weighted by molar-refractivity contribution is 5.94. The minimum absolute atomic E-state index is 0.382. The van der Waals surface area contributed by atoms with Crippen LogP contribution in [-0.2, 0) is 0 Å². The molecule has 1 heterocycles. The van der Waals surface area contributed by atoms with E-state index in [4.69, 9.17) is 10.5 Å². The maximum absolute atomic E-state index is 11.2. The van der Waals surface area contributed by atoms with Gasteiger partial charge < -0.3 is 20.7 Å². The minimum Gasteiger partial charge on any atom is -0.495 e. The van der Waals surface area contributed by atoms with E-state index in [0.29, 0.717) is 11.6 Å². The van der Waals surface area contributed by atoms with Gasteiger partial charge in [0.1, 0.15) is 5.75 Å². The van der Waals surface area contributed by atoms with Gasteiger partial charge in [0.2, 0.25) is 5.91 Å². The van der Waals surface area contributed by atoms with Gasteiger partial charge in [0.25, 0.3) is 0 Å². The second-order valence-electron chi connectivity index (χ2n) is 4.67. The summed E-state index contributed by atoms with van der Waals surface area (Å²) < 4.78 is 5.29. The maximum atomic E-state index is 11.2. The summed E-state index contributed by atoms with van der Waals surface area (Å²) in [5, 5.41) is 3.41. The first-order valence-electron chi connectivity index (χ1n) is 6.03. The number of nitrogens with zero attached hydrogens (tertiary/aromatic N) is 1.